The molecule has 2 aromatic rings. The average molecular weight is 448 g/mol. The lowest BCUT2D eigenvalue weighted by molar-refractivity contribution is 0.195. The minimum atomic E-state index is 0.317. The SMILES string of the molecule is COCCN[C@H]1CC[C@H](Nc2c3c(nc4c(Br)cnn24)C2(CCCC2)CC3)C1. The maximum atomic E-state index is 5.17. The van der Waals surface area contributed by atoms with Crippen LogP contribution in [0.3, 0.4) is 0 Å². The zero-order valence-electron chi connectivity index (χ0n) is 16.6. The Balaban J connectivity index is 1.43. The van der Waals surface area contributed by atoms with E-state index in [2.05, 4.69) is 31.7 Å². The van der Waals surface area contributed by atoms with Crippen LogP contribution in [0.1, 0.15) is 62.6 Å². The zero-order valence-corrected chi connectivity index (χ0v) is 18.2. The van der Waals surface area contributed by atoms with Crippen LogP contribution in [0.15, 0.2) is 10.7 Å². The van der Waals surface area contributed by atoms with Gasteiger partial charge < -0.3 is 15.4 Å². The highest BCUT2D eigenvalue weighted by Crippen LogP contribution is 2.51. The van der Waals surface area contributed by atoms with Crippen LogP contribution in [-0.2, 0) is 16.6 Å². The second-order valence-corrected chi connectivity index (χ2v) is 9.66. The van der Waals surface area contributed by atoms with Gasteiger partial charge in [-0.25, -0.2) is 4.98 Å². The molecule has 2 heterocycles. The van der Waals surface area contributed by atoms with Gasteiger partial charge in [-0.05, 0) is 60.9 Å². The predicted octanol–water partition coefficient (Wildman–Crippen LogP) is 3.82. The molecular weight excluding hydrogens is 418 g/mol. The van der Waals surface area contributed by atoms with Crippen LogP contribution in [0.4, 0.5) is 5.82 Å². The number of nitrogens with zero attached hydrogens (tertiary/aromatic N) is 3. The number of fused-ring (bicyclic) bond motifs is 3. The molecule has 6 nitrogen and oxygen atoms in total. The van der Waals surface area contributed by atoms with Crippen LogP contribution in [0.2, 0.25) is 0 Å². The summed E-state index contributed by atoms with van der Waals surface area (Å²) in [5.74, 6) is 1.19. The molecule has 0 radical (unpaired) electrons. The fraction of sp³-hybridized carbons (Fsp3) is 0.714. The molecule has 0 amide bonds. The largest absolute Gasteiger partial charge is 0.383 e. The van der Waals surface area contributed by atoms with E-state index in [9.17, 15) is 0 Å². The second kappa shape index (κ2) is 7.58. The molecule has 1 spiro atoms. The molecule has 0 unspecified atom stereocenters. The maximum Gasteiger partial charge on any atom is 0.171 e. The van der Waals surface area contributed by atoms with Crippen molar-refractivity contribution in [2.24, 2.45) is 0 Å². The van der Waals surface area contributed by atoms with E-state index in [4.69, 9.17) is 9.72 Å². The van der Waals surface area contributed by atoms with Crippen LogP contribution >= 0.6 is 15.9 Å². The van der Waals surface area contributed by atoms with Gasteiger partial charge in [0.25, 0.3) is 0 Å². The number of ether oxygens (including phenoxy) is 1. The summed E-state index contributed by atoms with van der Waals surface area (Å²) in [6.45, 7) is 1.70. The second-order valence-electron chi connectivity index (χ2n) is 8.80. The fourth-order valence-corrected chi connectivity index (χ4v) is 6.05. The minimum absolute atomic E-state index is 0.317. The first-order valence-corrected chi connectivity index (χ1v) is 11.5. The lowest BCUT2D eigenvalue weighted by Crippen LogP contribution is -2.31. The monoisotopic (exact) mass is 447 g/mol. The number of methoxy groups -OCH3 is 1. The topological polar surface area (TPSA) is 63.5 Å². The van der Waals surface area contributed by atoms with Crippen LogP contribution in [0.25, 0.3) is 5.65 Å². The zero-order chi connectivity index (χ0) is 19.1. The molecule has 3 aliphatic rings. The maximum absolute atomic E-state index is 5.17. The highest BCUT2D eigenvalue weighted by molar-refractivity contribution is 9.10. The first-order valence-electron chi connectivity index (χ1n) is 10.8. The third-order valence-electron chi connectivity index (χ3n) is 7.13. The van der Waals surface area contributed by atoms with Crippen LogP contribution in [-0.4, -0.2) is 46.9 Å². The molecular formula is C21H30BrN5O. The number of hydrogen-bond donors (Lipinski definition) is 2. The summed E-state index contributed by atoms with van der Waals surface area (Å²) in [6, 6.07) is 1.06. The molecule has 7 heteroatoms. The minimum Gasteiger partial charge on any atom is -0.383 e. The Morgan fingerprint density at radius 1 is 1.25 bits per heavy atom. The van der Waals surface area contributed by atoms with E-state index in [1.54, 1.807) is 7.11 Å². The van der Waals surface area contributed by atoms with Crippen molar-refractivity contribution in [1.82, 2.24) is 19.9 Å². The summed E-state index contributed by atoms with van der Waals surface area (Å²) in [4.78, 5) is 5.14. The van der Waals surface area contributed by atoms with Crippen molar-refractivity contribution < 1.29 is 4.74 Å². The summed E-state index contributed by atoms with van der Waals surface area (Å²) in [6.07, 6.45) is 13.1. The highest BCUT2D eigenvalue weighted by atomic mass is 79.9. The van der Waals surface area contributed by atoms with Crippen LogP contribution < -0.4 is 10.6 Å². The summed E-state index contributed by atoms with van der Waals surface area (Å²) in [5, 5.41) is 12.2. The van der Waals surface area contributed by atoms with Gasteiger partial charge in [-0.15, -0.1) is 0 Å². The van der Waals surface area contributed by atoms with Crippen molar-refractivity contribution in [3.05, 3.63) is 21.9 Å². The van der Waals surface area contributed by atoms with Crippen molar-refractivity contribution in [2.45, 2.75) is 75.3 Å². The Labute approximate surface area is 174 Å². The quantitative estimate of drug-likeness (QED) is 0.658. The van der Waals surface area contributed by atoms with Gasteiger partial charge in [-0.2, -0.15) is 9.61 Å². The molecule has 0 bridgehead atoms. The molecule has 0 aromatic carbocycles. The van der Waals surface area contributed by atoms with Crippen molar-refractivity contribution >= 4 is 27.4 Å². The van der Waals surface area contributed by atoms with E-state index in [0.29, 0.717) is 17.5 Å². The number of anilines is 1. The van der Waals surface area contributed by atoms with E-state index >= 15 is 0 Å². The number of hydrogen-bond acceptors (Lipinski definition) is 5. The van der Waals surface area contributed by atoms with Gasteiger partial charge >= 0.3 is 0 Å². The molecule has 0 saturated heterocycles. The van der Waals surface area contributed by atoms with E-state index < -0.39 is 0 Å². The third-order valence-corrected chi connectivity index (χ3v) is 7.69. The Bertz CT molecular complexity index is 860. The Morgan fingerprint density at radius 2 is 2.07 bits per heavy atom. The summed E-state index contributed by atoms with van der Waals surface area (Å²) < 4.78 is 8.19. The summed E-state index contributed by atoms with van der Waals surface area (Å²) in [5.41, 5.74) is 4.05. The van der Waals surface area contributed by atoms with Crippen LogP contribution in [0.5, 0.6) is 0 Å². The standard InChI is InChI=1S/C21H30BrN5O/c1-28-11-10-23-14-4-5-15(12-14)25-19-16-6-9-21(7-2-3-8-21)18(16)26-20-17(22)13-24-27(19)20/h13-15,23,25H,2-12H2,1H3/t14-,15-/m0/s1. The molecule has 2 fully saturated rings. The van der Waals surface area contributed by atoms with Crippen molar-refractivity contribution in [2.75, 3.05) is 25.6 Å². The number of halogens is 1. The molecule has 0 aliphatic heterocycles. The molecule has 2 N–H and O–H groups in total. The van der Waals surface area contributed by atoms with E-state index in [0.717, 1.165) is 36.1 Å². The van der Waals surface area contributed by atoms with E-state index in [1.807, 2.05) is 10.7 Å². The first-order chi connectivity index (χ1) is 13.7. The average Bonchev–Trinajstić information content (AvgIpc) is 3.47. The van der Waals surface area contributed by atoms with Gasteiger partial charge in [0.2, 0.25) is 0 Å². The summed E-state index contributed by atoms with van der Waals surface area (Å²) in [7, 11) is 1.76. The smallest absolute Gasteiger partial charge is 0.171 e. The Kier molecular flexibility index (Phi) is 5.09. The lowest BCUT2D eigenvalue weighted by Gasteiger charge is -2.24. The highest BCUT2D eigenvalue weighted by Gasteiger charge is 2.44. The van der Waals surface area contributed by atoms with Crippen molar-refractivity contribution in [1.29, 1.82) is 0 Å². The van der Waals surface area contributed by atoms with Crippen molar-refractivity contribution in [3.8, 4) is 0 Å². The van der Waals surface area contributed by atoms with E-state index in [1.165, 1.54) is 62.0 Å². The number of rotatable bonds is 6. The molecule has 2 atom stereocenters. The van der Waals surface area contributed by atoms with Gasteiger partial charge in [0.05, 0.1) is 23.0 Å². The fourth-order valence-electron chi connectivity index (χ4n) is 5.70. The van der Waals surface area contributed by atoms with Gasteiger partial charge in [0.15, 0.2) is 5.65 Å². The third kappa shape index (κ3) is 3.15. The van der Waals surface area contributed by atoms with Crippen LogP contribution in [0, 0.1) is 0 Å². The van der Waals surface area contributed by atoms with Gasteiger partial charge in [-0.1, -0.05) is 12.8 Å². The molecule has 152 valence electrons. The molecule has 5 rings (SSSR count). The lowest BCUT2D eigenvalue weighted by atomic mass is 9.83. The molecule has 3 aliphatic carbocycles. The van der Waals surface area contributed by atoms with Gasteiger partial charge in [0, 0.05) is 36.7 Å². The normalized spacial score (nSPS) is 25.8. The van der Waals surface area contributed by atoms with Gasteiger partial charge in [-0.3, -0.25) is 0 Å². The van der Waals surface area contributed by atoms with Gasteiger partial charge in [0.1, 0.15) is 5.82 Å². The molecule has 28 heavy (non-hydrogen) atoms. The predicted molar refractivity (Wildman–Crippen MR) is 114 cm³/mol. The summed E-state index contributed by atoms with van der Waals surface area (Å²) >= 11 is 3.67. The Hall–Kier alpha value is -1.18. The molecule has 2 aromatic heterocycles. The Morgan fingerprint density at radius 3 is 2.89 bits per heavy atom. The first kappa shape index (κ1) is 18.8. The number of nitrogens with one attached hydrogen (secondary N) is 2. The number of aromatic nitrogens is 3. The van der Waals surface area contributed by atoms with Crippen molar-refractivity contribution in [3.63, 3.8) is 0 Å². The van der Waals surface area contributed by atoms with E-state index in [-0.39, 0.29) is 0 Å². The molecule has 2 saturated carbocycles.